The van der Waals surface area contributed by atoms with Crippen LogP contribution in [0.15, 0.2) is 47.5 Å². The number of rotatable bonds is 7. The Morgan fingerprint density at radius 1 is 1.12 bits per heavy atom. The minimum Gasteiger partial charge on any atom is -0.504 e. The fraction of sp³-hybridized carbons (Fsp3) is 0.439. The predicted molar refractivity (Wildman–Crippen MR) is 207 cm³/mol. The van der Waals surface area contributed by atoms with Crippen molar-refractivity contribution in [2.45, 2.75) is 75.5 Å². The summed E-state index contributed by atoms with van der Waals surface area (Å²) in [4.78, 5) is 58.9. The van der Waals surface area contributed by atoms with Crippen molar-refractivity contribution in [3.8, 4) is 17.1 Å². The van der Waals surface area contributed by atoms with Gasteiger partial charge in [-0.3, -0.25) is 14.4 Å². The van der Waals surface area contributed by atoms with E-state index in [4.69, 9.17) is 26.4 Å². The van der Waals surface area contributed by atoms with Gasteiger partial charge in [0, 0.05) is 37.2 Å². The second-order valence-electron chi connectivity index (χ2n) is 16.5. The topological polar surface area (TPSA) is 160 Å². The number of aromatic hydroxyl groups is 1. The third kappa shape index (κ3) is 5.76. The van der Waals surface area contributed by atoms with Crippen molar-refractivity contribution in [3.05, 3.63) is 97.7 Å². The summed E-state index contributed by atoms with van der Waals surface area (Å²) in [7, 11) is 2.15. The van der Waals surface area contributed by atoms with Gasteiger partial charge in [0.15, 0.2) is 17.3 Å². The zero-order valence-corrected chi connectivity index (χ0v) is 32.5. The Hall–Kier alpha value is -5.25. The van der Waals surface area contributed by atoms with Gasteiger partial charge in [-0.05, 0) is 88.1 Å². The van der Waals surface area contributed by atoms with Crippen molar-refractivity contribution < 1.29 is 23.8 Å². The number of piperidine rings is 2. The highest BCUT2D eigenvalue weighted by atomic mass is 35.5. The molecule has 0 radical (unpaired) electrons. The number of carbonyl (C=O) groups excluding carboxylic acids is 2. The lowest BCUT2D eigenvalue weighted by Crippen LogP contribution is -2.47. The number of nitrogens with one attached hydrogen (secondary N) is 1. The summed E-state index contributed by atoms with van der Waals surface area (Å²) in [6, 6.07) is 11.1. The van der Waals surface area contributed by atoms with E-state index in [1.165, 1.54) is 28.9 Å². The molecule has 2 aliphatic carbocycles. The van der Waals surface area contributed by atoms with Crippen molar-refractivity contribution in [1.82, 2.24) is 38.9 Å². The van der Waals surface area contributed by atoms with E-state index in [0.717, 1.165) is 31.5 Å². The Morgan fingerprint density at radius 3 is 2.58 bits per heavy atom. The molecule has 10 rings (SSSR count). The molecular weight excluding hydrogens is 753 g/mol. The molecular formula is C41H41ClFN9O5. The molecule has 5 aromatic rings. The zero-order chi connectivity index (χ0) is 39.5. The number of carbonyl (C=O) groups is 2. The quantitative estimate of drug-likeness (QED) is 0.227. The van der Waals surface area contributed by atoms with Gasteiger partial charge in [-0.2, -0.15) is 9.50 Å². The van der Waals surface area contributed by atoms with Gasteiger partial charge in [0.2, 0.25) is 11.7 Å². The van der Waals surface area contributed by atoms with Crippen LogP contribution in [0.1, 0.15) is 89.6 Å². The molecule has 294 valence electrons. The normalized spacial score (nSPS) is 23.6. The van der Waals surface area contributed by atoms with Crippen LogP contribution in [0.2, 0.25) is 5.02 Å². The Kier molecular flexibility index (Phi) is 8.16. The SMILES string of the molecule is Cc1ncnc(C(=O)N2CCC3(CC2)OC(C)c2c3c(=O)n3nc(-c4ccc([C@@]56C[C@@H]5CN(C)C6)cc4)nc3n2CC(=O)Nc2cc(F)c(C3CC3)cc2Cl)c1O. The first-order chi connectivity index (χ1) is 27.4. The van der Waals surface area contributed by atoms with Crippen LogP contribution in [-0.2, 0) is 27.1 Å². The summed E-state index contributed by atoms with van der Waals surface area (Å²) in [5.74, 6) is -0.379. The highest BCUT2D eigenvalue weighted by molar-refractivity contribution is 6.33. The average molecular weight is 794 g/mol. The Balaban J connectivity index is 1.02. The highest BCUT2D eigenvalue weighted by Gasteiger charge is 2.59. The van der Waals surface area contributed by atoms with E-state index in [2.05, 4.69) is 39.4 Å². The van der Waals surface area contributed by atoms with Crippen LogP contribution in [0.5, 0.6) is 5.75 Å². The standard InChI is InChI=1S/C41H41ClFN9O5/c1-21-35(54)33(45-20-44-21)38(56)50-12-10-41(11-13-50)32-34(22(2)57-41)51(18-31(53)46-30-15-29(43)27(14-28(30)42)23-4-5-23)39-47-36(48-52(39)37(32)55)24-6-8-25(9-7-24)40-16-26(40)17-49(3)19-40/h6-9,14-15,20,22-23,26,54H,4-5,10-13,16-19H2,1-3H3,(H,46,53)/t22?,26-,40+/m1/s1. The third-order valence-electron chi connectivity index (χ3n) is 12.8. The summed E-state index contributed by atoms with van der Waals surface area (Å²) in [6.45, 7) is 5.64. The number of likely N-dealkylation sites (N-methyl/N-ethyl adjacent to an activating group) is 1. The van der Waals surface area contributed by atoms with Crippen LogP contribution in [0, 0.1) is 18.7 Å². The Bertz CT molecular complexity index is 2580. The van der Waals surface area contributed by atoms with Crippen molar-refractivity contribution in [3.63, 3.8) is 0 Å². The van der Waals surface area contributed by atoms with Gasteiger partial charge >= 0.3 is 0 Å². The number of anilines is 1. The summed E-state index contributed by atoms with van der Waals surface area (Å²) < 4.78 is 24.6. The van der Waals surface area contributed by atoms with E-state index in [1.54, 1.807) is 22.5 Å². The molecule has 0 bridgehead atoms. The van der Waals surface area contributed by atoms with Crippen LogP contribution in [0.25, 0.3) is 17.2 Å². The minimum absolute atomic E-state index is 0.0906. The number of hydrogen-bond acceptors (Lipinski definition) is 10. The molecule has 2 aromatic carbocycles. The molecule has 16 heteroatoms. The van der Waals surface area contributed by atoms with Crippen LogP contribution in [-0.4, -0.2) is 89.1 Å². The third-order valence-corrected chi connectivity index (χ3v) is 13.1. The summed E-state index contributed by atoms with van der Waals surface area (Å²) in [5.41, 5.74) is 2.38. The molecule has 2 saturated carbocycles. The molecule has 1 unspecified atom stereocenters. The van der Waals surface area contributed by atoms with E-state index in [-0.39, 0.29) is 71.7 Å². The molecule has 2 amide bonds. The largest absolute Gasteiger partial charge is 0.504 e. The lowest BCUT2D eigenvalue weighted by Gasteiger charge is -2.39. The smallest absolute Gasteiger partial charge is 0.282 e. The van der Waals surface area contributed by atoms with E-state index in [0.29, 0.717) is 34.3 Å². The minimum atomic E-state index is -1.11. The number of aromatic nitrogens is 6. The van der Waals surface area contributed by atoms with Crippen LogP contribution >= 0.6 is 11.6 Å². The van der Waals surface area contributed by atoms with Crippen LogP contribution < -0.4 is 10.9 Å². The first-order valence-corrected chi connectivity index (χ1v) is 19.8. The van der Waals surface area contributed by atoms with Gasteiger partial charge in [0.05, 0.1) is 33.8 Å². The second-order valence-corrected chi connectivity index (χ2v) is 16.9. The molecule has 57 heavy (non-hydrogen) atoms. The average Bonchev–Trinajstić information content (AvgIpc) is 4.04. The number of aryl methyl sites for hydroxylation is 1. The number of nitrogens with zero attached hydrogens (tertiary/aromatic N) is 8. The zero-order valence-electron chi connectivity index (χ0n) is 31.8. The van der Waals surface area contributed by atoms with E-state index >= 15 is 4.39 Å². The first-order valence-electron chi connectivity index (χ1n) is 19.5. The van der Waals surface area contributed by atoms with Crippen molar-refractivity contribution in [1.29, 1.82) is 0 Å². The number of benzene rings is 2. The molecule has 3 atom stereocenters. The molecule has 2 N–H and O–H groups in total. The number of likely N-dealkylation sites (tertiary alicyclic amines) is 2. The van der Waals surface area contributed by atoms with Crippen molar-refractivity contribution in [2.75, 3.05) is 38.5 Å². The first kappa shape index (κ1) is 36.1. The lowest BCUT2D eigenvalue weighted by atomic mass is 9.85. The summed E-state index contributed by atoms with van der Waals surface area (Å²) in [6.07, 6.45) is 4.09. The number of fused-ring (bicyclic) bond motifs is 4. The van der Waals surface area contributed by atoms with Crippen LogP contribution in [0.3, 0.4) is 0 Å². The van der Waals surface area contributed by atoms with E-state index in [1.807, 2.05) is 19.1 Å². The van der Waals surface area contributed by atoms with E-state index in [9.17, 15) is 19.5 Å². The maximum absolute atomic E-state index is 15.1. The Morgan fingerprint density at radius 2 is 1.88 bits per heavy atom. The fourth-order valence-electron chi connectivity index (χ4n) is 9.70. The van der Waals surface area contributed by atoms with Crippen LogP contribution in [0.4, 0.5) is 10.1 Å². The van der Waals surface area contributed by atoms with Crippen molar-refractivity contribution >= 4 is 34.9 Å². The van der Waals surface area contributed by atoms with Gasteiger partial charge in [-0.1, -0.05) is 35.9 Å². The van der Waals surface area contributed by atoms with Gasteiger partial charge in [-0.15, -0.1) is 5.10 Å². The Labute approximate surface area is 331 Å². The maximum Gasteiger partial charge on any atom is 0.282 e. The fourth-order valence-corrected chi connectivity index (χ4v) is 9.92. The van der Waals surface area contributed by atoms with Gasteiger partial charge in [0.1, 0.15) is 24.3 Å². The molecule has 14 nitrogen and oxygen atoms in total. The number of hydrogen-bond donors (Lipinski definition) is 2. The summed E-state index contributed by atoms with van der Waals surface area (Å²) >= 11 is 6.55. The molecule has 5 aliphatic rings. The molecule has 4 fully saturated rings. The highest BCUT2D eigenvalue weighted by Crippen LogP contribution is 2.58. The number of ether oxygens (including phenoxy) is 1. The predicted octanol–water partition coefficient (Wildman–Crippen LogP) is 5.10. The molecule has 1 spiro atoms. The molecule has 6 heterocycles. The molecule has 3 aromatic heterocycles. The number of amides is 2. The lowest BCUT2D eigenvalue weighted by molar-refractivity contribution is -0.116. The van der Waals surface area contributed by atoms with Gasteiger partial charge in [-0.25, -0.2) is 14.4 Å². The molecule has 2 saturated heterocycles. The van der Waals surface area contributed by atoms with Crippen molar-refractivity contribution in [2.24, 2.45) is 5.92 Å². The monoisotopic (exact) mass is 793 g/mol. The second kappa shape index (κ2) is 12.9. The summed E-state index contributed by atoms with van der Waals surface area (Å²) in [5, 5.41) is 18.3. The molecule has 3 aliphatic heterocycles. The van der Waals surface area contributed by atoms with Gasteiger partial charge < -0.3 is 29.5 Å². The maximum atomic E-state index is 15.1. The van der Waals surface area contributed by atoms with Gasteiger partial charge in [0.25, 0.3) is 11.5 Å². The van der Waals surface area contributed by atoms with E-state index < -0.39 is 34.9 Å². The number of halogens is 2.